The second-order valence-corrected chi connectivity index (χ2v) is 7.45. The van der Waals surface area contributed by atoms with Gasteiger partial charge >= 0.3 is 5.97 Å². The maximum atomic E-state index is 12.3. The van der Waals surface area contributed by atoms with Crippen molar-refractivity contribution >= 4 is 45.9 Å². The van der Waals surface area contributed by atoms with Crippen LogP contribution in [0.15, 0.2) is 10.5 Å². The van der Waals surface area contributed by atoms with Crippen molar-refractivity contribution in [1.82, 2.24) is 15.2 Å². The number of carbonyl (C=O) groups excluding carboxylic acids is 2. The van der Waals surface area contributed by atoms with Crippen LogP contribution in [0.25, 0.3) is 0 Å². The van der Waals surface area contributed by atoms with Gasteiger partial charge in [-0.15, -0.1) is 16.4 Å². The van der Waals surface area contributed by atoms with E-state index in [9.17, 15) is 9.59 Å². The Hall–Kier alpha value is -2.07. The summed E-state index contributed by atoms with van der Waals surface area (Å²) >= 11 is 2.48. The number of carbonyl (C=O) groups is 2. The summed E-state index contributed by atoms with van der Waals surface area (Å²) in [5, 5.41) is 11.9. The molecule has 1 amide bonds. The second-order valence-electron chi connectivity index (χ2n) is 5.62. The van der Waals surface area contributed by atoms with Gasteiger partial charge < -0.3 is 15.8 Å². The Kier molecular flexibility index (Phi) is 6.82. The highest BCUT2D eigenvalue weighted by atomic mass is 32.2. The van der Waals surface area contributed by atoms with Gasteiger partial charge in [0.1, 0.15) is 5.00 Å². The standard InChI is InChI=1S/C15H21N5O3S2/c1-4-23-13(22)11-9(5-8(2)3)6-24-12(11)17-10(21)7-25-15-18-14(16)19-20-15/h6,8H,4-5,7H2,1-3H3,(H,17,21)(H3,16,18,19,20). The van der Waals surface area contributed by atoms with E-state index in [1.54, 1.807) is 6.92 Å². The normalized spacial score (nSPS) is 10.9. The van der Waals surface area contributed by atoms with Crippen molar-refractivity contribution in [3.05, 3.63) is 16.5 Å². The van der Waals surface area contributed by atoms with Crippen molar-refractivity contribution in [3.8, 4) is 0 Å². The van der Waals surface area contributed by atoms with Crippen LogP contribution in [0.5, 0.6) is 0 Å². The zero-order chi connectivity index (χ0) is 18.4. The number of nitrogen functional groups attached to an aromatic ring is 1. The van der Waals surface area contributed by atoms with E-state index in [4.69, 9.17) is 10.5 Å². The number of rotatable bonds is 8. The minimum atomic E-state index is -0.413. The first-order chi connectivity index (χ1) is 11.9. The first-order valence-electron chi connectivity index (χ1n) is 7.78. The Morgan fingerprint density at radius 3 is 2.84 bits per heavy atom. The van der Waals surface area contributed by atoms with E-state index in [-0.39, 0.29) is 24.2 Å². The molecule has 0 aliphatic carbocycles. The van der Waals surface area contributed by atoms with Gasteiger partial charge in [-0.05, 0) is 30.2 Å². The Morgan fingerprint density at radius 2 is 2.24 bits per heavy atom. The molecular weight excluding hydrogens is 362 g/mol. The molecule has 0 saturated carbocycles. The van der Waals surface area contributed by atoms with Gasteiger partial charge in [0.15, 0.2) is 0 Å². The molecule has 0 fully saturated rings. The van der Waals surface area contributed by atoms with Gasteiger partial charge in [0.05, 0.1) is 17.9 Å². The fraction of sp³-hybridized carbons (Fsp3) is 0.467. The average Bonchev–Trinajstić information content (AvgIpc) is 3.11. The highest BCUT2D eigenvalue weighted by Crippen LogP contribution is 2.31. The Bertz CT molecular complexity index is 741. The summed E-state index contributed by atoms with van der Waals surface area (Å²) in [6.45, 7) is 6.18. The monoisotopic (exact) mass is 383 g/mol. The third kappa shape index (κ3) is 5.46. The van der Waals surface area contributed by atoms with Crippen molar-refractivity contribution in [2.24, 2.45) is 5.92 Å². The van der Waals surface area contributed by atoms with E-state index < -0.39 is 5.97 Å². The molecule has 2 aromatic heterocycles. The number of amides is 1. The van der Waals surface area contributed by atoms with E-state index >= 15 is 0 Å². The van der Waals surface area contributed by atoms with Crippen molar-refractivity contribution in [2.75, 3.05) is 23.4 Å². The number of thioether (sulfide) groups is 1. The van der Waals surface area contributed by atoms with E-state index in [2.05, 4.69) is 34.3 Å². The molecule has 2 rings (SSSR count). The fourth-order valence-corrected chi connectivity index (χ4v) is 3.70. The predicted molar refractivity (Wildman–Crippen MR) is 99.0 cm³/mol. The number of hydrogen-bond donors (Lipinski definition) is 3. The van der Waals surface area contributed by atoms with E-state index in [0.717, 1.165) is 23.7 Å². The topological polar surface area (TPSA) is 123 Å². The highest BCUT2D eigenvalue weighted by molar-refractivity contribution is 7.99. The van der Waals surface area contributed by atoms with Crippen molar-refractivity contribution in [3.63, 3.8) is 0 Å². The molecule has 4 N–H and O–H groups in total. The van der Waals surface area contributed by atoms with Crippen LogP contribution in [0.2, 0.25) is 0 Å². The lowest BCUT2D eigenvalue weighted by atomic mass is 10.0. The van der Waals surface area contributed by atoms with Crippen LogP contribution in [-0.2, 0) is 16.0 Å². The molecule has 0 bridgehead atoms. The number of H-pyrrole nitrogens is 1. The fourth-order valence-electron chi connectivity index (χ4n) is 2.12. The lowest BCUT2D eigenvalue weighted by Crippen LogP contribution is -2.17. The molecule has 0 aromatic carbocycles. The molecule has 25 heavy (non-hydrogen) atoms. The lowest BCUT2D eigenvalue weighted by molar-refractivity contribution is -0.113. The zero-order valence-electron chi connectivity index (χ0n) is 14.3. The number of esters is 1. The minimum absolute atomic E-state index is 0.108. The SMILES string of the molecule is CCOC(=O)c1c(CC(C)C)csc1NC(=O)CSc1n[nH]c(N)n1. The first kappa shape index (κ1) is 19.3. The summed E-state index contributed by atoms with van der Waals surface area (Å²) in [5.41, 5.74) is 6.78. The Balaban J connectivity index is 2.07. The number of hydrogen-bond acceptors (Lipinski definition) is 8. The molecule has 0 unspecified atom stereocenters. The van der Waals surface area contributed by atoms with Gasteiger partial charge in [-0.3, -0.25) is 4.79 Å². The molecule has 0 spiro atoms. The number of nitrogens with one attached hydrogen (secondary N) is 2. The van der Waals surface area contributed by atoms with Gasteiger partial charge in [0, 0.05) is 0 Å². The quantitative estimate of drug-likeness (QED) is 0.473. The van der Waals surface area contributed by atoms with Gasteiger partial charge in [-0.25, -0.2) is 9.89 Å². The predicted octanol–water partition coefficient (Wildman–Crippen LogP) is 2.55. The van der Waals surface area contributed by atoms with Crippen LogP contribution in [0.4, 0.5) is 10.9 Å². The molecule has 0 aliphatic rings. The molecular formula is C15H21N5O3S2. The molecule has 136 valence electrons. The maximum absolute atomic E-state index is 12.3. The molecule has 0 aliphatic heterocycles. The summed E-state index contributed by atoms with van der Waals surface area (Å²) in [6.07, 6.45) is 0.742. The second kappa shape index (κ2) is 8.86. The number of thiophene rings is 1. The number of ether oxygens (including phenoxy) is 1. The first-order valence-corrected chi connectivity index (χ1v) is 9.65. The highest BCUT2D eigenvalue weighted by Gasteiger charge is 2.22. The average molecular weight is 383 g/mol. The van der Waals surface area contributed by atoms with Crippen LogP contribution in [0.1, 0.15) is 36.7 Å². The smallest absolute Gasteiger partial charge is 0.341 e. The summed E-state index contributed by atoms with van der Waals surface area (Å²) < 4.78 is 5.14. The van der Waals surface area contributed by atoms with Gasteiger partial charge in [0.25, 0.3) is 0 Å². The van der Waals surface area contributed by atoms with Crippen LogP contribution in [0.3, 0.4) is 0 Å². The summed E-state index contributed by atoms with van der Waals surface area (Å²) in [4.78, 5) is 28.4. The maximum Gasteiger partial charge on any atom is 0.341 e. The van der Waals surface area contributed by atoms with Gasteiger partial charge in [-0.1, -0.05) is 25.6 Å². The molecule has 8 nitrogen and oxygen atoms in total. The van der Waals surface area contributed by atoms with Crippen LogP contribution >= 0.6 is 23.1 Å². The third-order valence-corrected chi connectivity index (χ3v) is 4.83. The number of aromatic amines is 1. The van der Waals surface area contributed by atoms with Crippen molar-refractivity contribution in [2.45, 2.75) is 32.3 Å². The number of nitrogens with two attached hydrogens (primary N) is 1. The minimum Gasteiger partial charge on any atom is -0.462 e. The summed E-state index contributed by atoms with van der Waals surface area (Å²) in [5.74, 6) is 0.0277. The molecule has 2 aromatic rings. The summed E-state index contributed by atoms with van der Waals surface area (Å²) in [7, 11) is 0. The zero-order valence-corrected chi connectivity index (χ0v) is 15.9. The van der Waals surface area contributed by atoms with Gasteiger partial charge in [0.2, 0.25) is 17.0 Å². The number of aromatic nitrogens is 3. The molecule has 0 radical (unpaired) electrons. The van der Waals surface area contributed by atoms with Crippen molar-refractivity contribution < 1.29 is 14.3 Å². The van der Waals surface area contributed by atoms with Crippen LogP contribution in [-0.4, -0.2) is 39.4 Å². The molecule has 2 heterocycles. The Morgan fingerprint density at radius 1 is 1.48 bits per heavy atom. The number of nitrogens with zero attached hydrogens (tertiary/aromatic N) is 2. The van der Waals surface area contributed by atoms with E-state index in [0.29, 0.717) is 21.6 Å². The third-order valence-electron chi connectivity index (χ3n) is 3.04. The lowest BCUT2D eigenvalue weighted by Gasteiger charge is -2.09. The van der Waals surface area contributed by atoms with E-state index in [1.807, 2.05) is 5.38 Å². The van der Waals surface area contributed by atoms with Crippen molar-refractivity contribution in [1.29, 1.82) is 0 Å². The molecule has 10 heteroatoms. The number of anilines is 2. The van der Waals surface area contributed by atoms with Gasteiger partial charge in [-0.2, -0.15) is 4.98 Å². The Labute approximate surface area is 153 Å². The van der Waals surface area contributed by atoms with Crippen LogP contribution < -0.4 is 11.1 Å². The molecule has 0 saturated heterocycles. The van der Waals surface area contributed by atoms with E-state index in [1.165, 1.54) is 11.3 Å². The molecule has 0 atom stereocenters. The largest absolute Gasteiger partial charge is 0.462 e. The summed E-state index contributed by atoms with van der Waals surface area (Å²) in [6, 6.07) is 0. The van der Waals surface area contributed by atoms with Crippen LogP contribution in [0, 0.1) is 5.92 Å².